The van der Waals surface area contributed by atoms with Crippen molar-refractivity contribution in [1.29, 1.82) is 0 Å². The van der Waals surface area contributed by atoms with Crippen LogP contribution in [0.5, 0.6) is 0 Å². The van der Waals surface area contributed by atoms with Crippen LogP contribution in [0.3, 0.4) is 0 Å². The molecule has 0 spiro atoms. The SMILES string of the molecule is COCc1c(C(=O)NCCc2ccncc2)cnn1-c1nccc(-c2ccccc2F)n1. The van der Waals surface area contributed by atoms with Crippen LogP contribution in [0.4, 0.5) is 4.39 Å². The first-order chi connectivity index (χ1) is 15.7. The van der Waals surface area contributed by atoms with Gasteiger partial charge in [-0.25, -0.2) is 14.4 Å². The van der Waals surface area contributed by atoms with Crippen molar-refractivity contribution in [3.05, 3.63) is 89.9 Å². The van der Waals surface area contributed by atoms with E-state index in [0.717, 1.165) is 5.56 Å². The molecule has 9 heteroatoms. The third-order valence-corrected chi connectivity index (χ3v) is 4.83. The van der Waals surface area contributed by atoms with Crippen molar-refractivity contribution in [2.75, 3.05) is 13.7 Å². The Hall–Kier alpha value is -3.98. The third-order valence-electron chi connectivity index (χ3n) is 4.83. The molecule has 162 valence electrons. The van der Waals surface area contributed by atoms with Gasteiger partial charge in [0.15, 0.2) is 0 Å². The lowest BCUT2D eigenvalue weighted by atomic mass is 10.1. The summed E-state index contributed by atoms with van der Waals surface area (Å²) in [5.41, 5.74) is 2.70. The monoisotopic (exact) mass is 432 g/mol. The molecule has 8 nitrogen and oxygen atoms in total. The maximum absolute atomic E-state index is 14.2. The second kappa shape index (κ2) is 9.88. The summed E-state index contributed by atoms with van der Waals surface area (Å²) in [4.78, 5) is 25.5. The van der Waals surface area contributed by atoms with Gasteiger partial charge in [-0.3, -0.25) is 9.78 Å². The molecule has 0 unspecified atom stereocenters. The van der Waals surface area contributed by atoms with E-state index in [2.05, 4.69) is 25.4 Å². The van der Waals surface area contributed by atoms with Crippen LogP contribution in [0, 0.1) is 5.82 Å². The smallest absolute Gasteiger partial charge is 0.254 e. The molecule has 1 N–H and O–H groups in total. The number of aromatic nitrogens is 5. The minimum absolute atomic E-state index is 0.125. The Kier molecular flexibility index (Phi) is 6.57. The number of hydrogen-bond donors (Lipinski definition) is 1. The first kappa shape index (κ1) is 21.3. The average molecular weight is 432 g/mol. The van der Waals surface area contributed by atoms with Gasteiger partial charge in [0.25, 0.3) is 11.9 Å². The number of carbonyl (C=O) groups is 1. The van der Waals surface area contributed by atoms with E-state index in [9.17, 15) is 9.18 Å². The number of carbonyl (C=O) groups excluding carboxylic acids is 1. The molecular weight excluding hydrogens is 411 g/mol. The van der Waals surface area contributed by atoms with E-state index in [0.29, 0.717) is 35.5 Å². The number of hydrogen-bond acceptors (Lipinski definition) is 6. The quantitative estimate of drug-likeness (QED) is 0.460. The fraction of sp³-hybridized carbons (Fsp3) is 0.174. The Morgan fingerprint density at radius 2 is 1.94 bits per heavy atom. The number of nitrogens with one attached hydrogen (secondary N) is 1. The van der Waals surface area contributed by atoms with Crippen molar-refractivity contribution in [2.45, 2.75) is 13.0 Å². The van der Waals surface area contributed by atoms with Crippen LogP contribution in [-0.2, 0) is 17.8 Å². The Bertz CT molecular complexity index is 1210. The highest BCUT2D eigenvalue weighted by atomic mass is 19.1. The molecule has 0 fully saturated rings. The van der Waals surface area contributed by atoms with Crippen molar-refractivity contribution >= 4 is 5.91 Å². The Morgan fingerprint density at radius 3 is 2.72 bits per heavy atom. The van der Waals surface area contributed by atoms with Gasteiger partial charge in [0.2, 0.25) is 0 Å². The maximum atomic E-state index is 14.2. The third kappa shape index (κ3) is 4.68. The zero-order valence-corrected chi connectivity index (χ0v) is 17.4. The summed E-state index contributed by atoms with van der Waals surface area (Å²) >= 11 is 0. The first-order valence-electron chi connectivity index (χ1n) is 9.98. The van der Waals surface area contributed by atoms with Crippen LogP contribution >= 0.6 is 0 Å². The summed E-state index contributed by atoms with van der Waals surface area (Å²) in [6, 6.07) is 11.8. The molecule has 1 amide bonds. The van der Waals surface area contributed by atoms with Crippen LogP contribution in [0.2, 0.25) is 0 Å². The maximum Gasteiger partial charge on any atom is 0.254 e. The second-order valence-electron chi connectivity index (χ2n) is 6.93. The van der Waals surface area contributed by atoms with E-state index in [4.69, 9.17) is 4.74 Å². The second-order valence-corrected chi connectivity index (χ2v) is 6.93. The molecule has 0 aliphatic carbocycles. The van der Waals surface area contributed by atoms with Crippen LogP contribution in [0.1, 0.15) is 21.6 Å². The first-order valence-corrected chi connectivity index (χ1v) is 9.98. The van der Waals surface area contributed by atoms with E-state index in [-0.39, 0.29) is 24.3 Å². The van der Waals surface area contributed by atoms with Crippen molar-refractivity contribution in [2.24, 2.45) is 0 Å². The van der Waals surface area contributed by atoms with Crippen molar-refractivity contribution in [3.63, 3.8) is 0 Å². The molecule has 0 aliphatic rings. The Labute approximate surface area is 184 Å². The van der Waals surface area contributed by atoms with Gasteiger partial charge in [-0.05, 0) is 42.3 Å². The molecule has 4 aromatic rings. The lowest BCUT2D eigenvalue weighted by Gasteiger charge is -2.10. The van der Waals surface area contributed by atoms with Crippen molar-refractivity contribution < 1.29 is 13.9 Å². The number of pyridine rings is 1. The molecule has 32 heavy (non-hydrogen) atoms. The summed E-state index contributed by atoms with van der Waals surface area (Å²) in [6.45, 7) is 0.583. The van der Waals surface area contributed by atoms with Gasteiger partial charge in [-0.1, -0.05) is 12.1 Å². The number of methoxy groups -OCH3 is 1. The summed E-state index contributed by atoms with van der Waals surface area (Å²) in [5.74, 6) is -0.444. The Morgan fingerprint density at radius 1 is 1.12 bits per heavy atom. The van der Waals surface area contributed by atoms with Crippen molar-refractivity contribution in [3.8, 4) is 17.2 Å². The molecule has 1 aromatic carbocycles. The summed E-state index contributed by atoms with van der Waals surface area (Å²) < 4.78 is 20.9. The van der Waals surface area contributed by atoms with E-state index < -0.39 is 0 Å². The zero-order valence-electron chi connectivity index (χ0n) is 17.4. The van der Waals surface area contributed by atoms with Crippen molar-refractivity contribution in [1.82, 2.24) is 30.0 Å². The molecule has 0 aliphatic heterocycles. The van der Waals surface area contributed by atoms with Gasteiger partial charge in [-0.2, -0.15) is 9.78 Å². The molecule has 0 saturated carbocycles. The molecule has 3 heterocycles. The predicted octanol–water partition coefficient (Wildman–Crippen LogP) is 2.98. The van der Waals surface area contributed by atoms with Gasteiger partial charge in [0.1, 0.15) is 5.82 Å². The highest BCUT2D eigenvalue weighted by molar-refractivity contribution is 5.95. The Balaban J connectivity index is 1.57. The number of rotatable bonds is 8. The summed E-state index contributed by atoms with van der Waals surface area (Å²) in [5, 5.41) is 7.20. The highest BCUT2D eigenvalue weighted by Gasteiger charge is 2.20. The summed E-state index contributed by atoms with van der Waals surface area (Å²) in [7, 11) is 1.53. The lowest BCUT2D eigenvalue weighted by molar-refractivity contribution is 0.0948. The summed E-state index contributed by atoms with van der Waals surface area (Å²) in [6.07, 6.45) is 7.09. The molecule has 0 radical (unpaired) electrons. The molecule has 3 aromatic heterocycles. The topological polar surface area (TPSA) is 94.8 Å². The minimum Gasteiger partial charge on any atom is -0.378 e. The predicted molar refractivity (Wildman–Crippen MR) is 116 cm³/mol. The largest absolute Gasteiger partial charge is 0.378 e. The fourth-order valence-electron chi connectivity index (χ4n) is 3.25. The van der Waals surface area contributed by atoms with Gasteiger partial charge in [-0.15, -0.1) is 0 Å². The lowest BCUT2D eigenvalue weighted by Crippen LogP contribution is -2.26. The standard InChI is InChI=1S/C23H21FN6O2/c1-32-15-21-18(22(31)26-12-8-16-6-10-25-11-7-16)14-28-30(21)23-27-13-9-20(29-23)17-4-2-3-5-19(17)24/h2-7,9-11,13-14H,8,12,15H2,1H3,(H,26,31). The number of ether oxygens (including phenoxy) is 1. The molecule has 0 atom stereocenters. The van der Waals surface area contributed by atoms with Gasteiger partial charge >= 0.3 is 0 Å². The van der Waals surface area contributed by atoms with E-state index >= 15 is 0 Å². The number of nitrogens with zero attached hydrogens (tertiary/aromatic N) is 5. The molecule has 0 bridgehead atoms. The molecule has 0 saturated heterocycles. The number of amides is 1. The van der Waals surface area contributed by atoms with Crippen LogP contribution < -0.4 is 5.32 Å². The van der Waals surface area contributed by atoms with Crippen LogP contribution in [0.15, 0.2) is 67.3 Å². The van der Waals surface area contributed by atoms with E-state index in [1.807, 2.05) is 12.1 Å². The van der Waals surface area contributed by atoms with Gasteiger partial charge in [0, 0.05) is 37.8 Å². The van der Waals surface area contributed by atoms with E-state index in [1.54, 1.807) is 36.7 Å². The molecule has 4 rings (SSSR count). The zero-order chi connectivity index (χ0) is 22.3. The van der Waals surface area contributed by atoms with Crippen LogP contribution in [0.25, 0.3) is 17.2 Å². The average Bonchev–Trinajstić information content (AvgIpc) is 3.24. The van der Waals surface area contributed by atoms with E-state index in [1.165, 1.54) is 30.3 Å². The fourth-order valence-corrected chi connectivity index (χ4v) is 3.25. The molecular formula is C23H21FN6O2. The highest BCUT2D eigenvalue weighted by Crippen LogP contribution is 2.21. The number of benzene rings is 1. The van der Waals surface area contributed by atoms with Gasteiger partial charge < -0.3 is 10.1 Å². The van der Waals surface area contributed by atoms with Gasteiger partial charge in [0.05, 0.1) is 29.8 Å². The normalized spacial score (nSPS) is 10.8. The minimum atomic E-state index is -0.385. The number of halogens is 1. The van der Waals surface area contributed by atoms with Crippen LogP contribution in [-0.4, -0.2) is 44.3 Å².